The molecule has 2 saturated carbocycles. The van der Waals surface area contributed by atoms with Crippen molar-refractivity contribution in [2.75, 3.05) is 13.2 Å². The number of rotatable bonds is 20. The standard InChI is InChI=1S/C59H60N4O8/c64-54(70-40-58(68,48-13-5-1-6-14-48)56(66)46-29-33-52(34-30-46)62-60-50-17-9-3-10-18-50)38-44-25-21-42(22-26-44)37-43-23-27-45(28-24-43)39-55(65)71-41-59(69,49-15-7-2-8-16-49)57(67)47-31-35-53(36-32-47)63-61-51-19-11-4-12-20-51/h1-20,29-36,42-45,68-69H,21-28,37-41H2. The number of ketones is 2. The van der Waals surface area contributed by atoms with E-state index in [1.165, 1.54) is 0 Å². The molecule has 6 aromatic rings. The summed E-state index contributed by atoms with van der Waals surface area (Å²) in [6.07, 6.45) is 9.24. The first-order chi connectivity index (χ1) is 34.5. The number of esters is 2. The smallest absolute Gasteiger partial charge is 0.306 e. The summed E-state index contributed by atoms with van der Waals surface area (Å²) in [5, 5.41) is 40.7. The first-order valence-electron chi connectivity index (χ1n) is 24.6. The second-order valence-electron chi connectivity index (χ2n) is 19.0. The SMILES string of the molecule is O=C(CC1CCC(CC2CCC(CC(=O)OCC(O)(C(=O)c3ccc(N=Nc4ccccc4)cc3)c3ccccc3)CC2)CC1)OCC(O)(C(=O)c1ccc(N=Nc2ccccc2)cc1)c1ccccc1. The number of carbonyl (C=O) groups is 4. The lowest BCUT2D eigenvalue weighted by atomic mass is 9.72. The monoisotopic (exact) mass is 952 g/mol. The third kappa shape index (κ3) is 13.5. The molecule has 0 saturated heterocycles. The van der Waals surface area contributed by atoms with Crippen molar-refractivity contribution in [2.45, 2.75) is 81.8 Å². The highest BCUT2D eigenvalue weighted by molar-refractivity contribution is 6.04. The van der Waals surface area contributed by atoms with Crippen molar-refractivity contribution in [3.05, 3.63) is 192 Å². The van der Waals surface area contributed by atoms with Crippen LogP contribution in [0.1, 0.15) is 102 Å². The topological polar surface area (TPSA) is 177 Å². The van der Waals surface area contributed by atoms with Gasteiger partial charge in [-0.3, -0.25) is 19.2 Å². The van der Waals surface area contributed by atoms with Gasteiger partial charge in [0.1, 0.15) is 13.2 Å². The van der Waals surface area contributed by atoms with E-state index in [2.05, 4.69) is 20.5 Å². The molecule has 6 aromatic carbocycles. The zero-order valence-electron chi connectivity index (χ0n) is 39.8. The van der Waals surface area contributed by atoms with Crippen molar-refractivity contribution in [2.24, 2.45) is 44.1 Å². The number of hydrogen-bond donors (Lipinski definition) is 2. The molecule has 2 fully saturated rings. The maximum atomic E-state index is 13.9. The summed E-state index contributed by atoms with van der Waals surface area (Å²) >= 11 is 0. The maximum absolute atomic E-state index is 13.9. The Balaban J connectivity index is 0.762. The molecule has 12 heteroatoms. The molecule has 0 aromatic heterocycles. The largest absolute Gasteiger partial charge is 0.462 e. The predicted molar refractivity (Wildman–Crippen MR) is 270 cm³/mol. The Morgan fingerprint density at radius 1 is 0.394 bits per heavy atom. The summed E-state index contributed by atoms with van der Waals surface area (Å²) in [6, 6.07) is 48.7. The molecule has 71 heavy (non-hydrogen) atoms. The minimum Gasteiger partial charge on any atom is -0.462 e. The van der Waals surface area contributed by atoms with Gasteiger partial charge in [0.05, 0.1) is 22.7 Å². The van der Waals surface area contributed by atoms with Crippen LogP contribution in [0.15, 0.2) is 190 Å². The third-order valence-electron chi connectivity index (χ3n) is 14.0. The first kappa shape index (κ1) is 50.1. The molecule has 2 aliphatic carbocycles. The normalized spacial score (nSPS) is 19.9. The first-order valence-corrected chi connectivity index (χ1v) is 24.6. The predicted octanol–water partition coefficient (Wildman–Crippen LogP) is 13.2. The van der Waals surface area contributed by atoms with E-state index in [-0.39, 0.29) is 35.8 Å². The summed E-state index contributed by atoms with van der Waals surface area (Å²) in [7, 11) is 0. The molecule has 364 valence electrons. The Kier molecular flexibility index (Phi) is 17.0. The summed E-state index contributed by atoms with van der Waals surface area (Å²) in [4.78, 5) is 54.3. The maximum Gasteiger partial charge on any atom is 0.306 e. The van der Waals surface area contributed by atoms with Crippen LogP contribution in [0.5, 0.6) is 0 Å². The van der Waals surface area contributed by atoms with Crippen LogP contribution in [0.4, 0.5) is 22.7 Å². The van der Waals surface area contributed by atoms with Gasteiger partial charge in [-0.15, -0.1) is 0 Å². The van der Waals surface area contributed by atoms with Crippen molar-refractivity contribution >= 4 is 46.3 Å². The Morgan fingerprint density at radius 2 is 0.676 bits per heavy atom. The second kappa shape index (κ2) is 24.0. The molecule has 0 spiro atoms. The van der Waals surface area contributed by atoms with E-state index in [0.29, 0.717) is 45.7 Å². The van der Waals surface area contributed by atoms with E-state index in [4.69, 9.17) is 9.47 Å². The zero-order valence-corrected chi connectivity index (χ0v) is 39.8. The van der Waals surface area contributed by atoms with Gasteiger partial charge in [0.25, 0.3) is 0 Å². The van der Waals surface area contributed by atoms with Crippen LogP contribution < -0.4 is 0 Å². The van der Waals surface area contributed by atoms with Gasteiger partial charge in [-0.1, -0.05) is 123 Å². The van der Waals surface area contributed by atoms with Gasteiger partial charge < -0.3 is 19.7 Å². The van der Waals surface area contributed by atoms with E-state index in [9.17, 15) is 29.4 Å². The fraction of sp³-hybridized carbons (Fsp3) is 0.322. The van der Waals surface area contributed by atoms with Crippen molar-refractivity contribution in [3.63, 3.8) is 0 Å². The van der Waals surface area contributed by atoms with Gasteiger partial charge in [0.15, 0.2) is 11.2 Å². The minimum atomic E-state index is -2.08. The molecule has 0 bridgehead atoms. The fourth-order valence-corrected chi connectivity index (χ4v) is 9.82. The van der Waals surface area contributed by atoms with Crippen LogP contribution in [-0.2, 0) is 30.3 Å². The van der Waals surface area contributed by atoms with Crippen molar-refractivity contribution in [3.8, 4) is 0 Å². The summed E-state index contributed by atoms with van der Waals surface area (Å²) in [5.74, 6) is -0.592. The lowest BCUT2D eigenvalue weighted by Crippen LogP contribution is -2.41. The highest BCUT2D eigenvalue weighted by Gasteiger charge is 2.42. The van der Waals surface area contributed by atoms with Gasteiger partial charge in [0.2, 0.25) is 11.6 Å². The number of nitrogens with zero attached hydrogens (tertiary/aromatic N) is 4. The highest BCUT2D eigenvalue weighted by Crippen LogP contribution is 2.40. The van der Waals surface area contributed by atoms with E-state index in [1.54, 1.807) is 109 Å². The van der Waals surface area contributed by atoms with Gasteiger partial charge in [-0.25, -0.2) is 0 Å². The average molecular weight is 953 g/mol. The Labute approximate surface area is 414 Å². The van der Waals surface area contributed by atoms with Crippen LogP contribution in [0.3, 0.4) is 0 Å². The number of hydrogen-bond acceptors (Lipinski definition) is 12. The summed E-state index contributed by atoms with van der Waals surface area (Å²) < 4.78 is 11.4. The summed E-state index contributed by atoms with van der Waals surface area (Å²) in [6.45, 7) is -1.01. The van der Waals surface area contributed by atoms with E-state index >= 15 is 0 Å². The molecule has 0 radical (unpaired) electrons. The second-order valence-corrected chi connectivity index (χ2v) is 19.0. The molecule has 12 nitrogen and oxygen atoms in total. The van der Waals surface area contributed by atoms with Gasteiger partial charge in [0, 0.05) is 24.0 Å². The molecular formula is C59H60N4O8. The number of ether oxygens (including phenoxy) is 2. The third-order valence-corrected chi connectivity index (χ3v) is 14.0. The van der Waals surface area contributed by atoms with Crippen molar-refractivity contribution in [1.29, 1.82) is 0 Å². The quantitative estimate of drug-likeness (QED) is 0.0431. The average Bonchev–Trinajstić information content (AvgIpc) is 3.42. The molecule has 2 atom stereocenters. The number of benzene rings is 6. The number of Topliss-reactive ketones (excluding diaryl/α,β-unsaturated/α-hetero) is 2. The Hall–Kier alpha value is -7.28. The number of carbonyl (C=O) groups excluding carboxylic acids is 4. The lowest BCUT2D eigenvalue weighted by Gasteiger charge is -2.34. The molecule has 0 aliphatic heterocycles. The zero-order chi connectivity index (χ0) is 49.5. The van der Waals surface area contributed by atoms with Crippen molar-refractivity contribution < 1.29 is 38.9 Å². The molecule has 0 heterocycles. The minimum absolute atomic E-state index is 0.163. The molecule has 2 aliphatic rings. The number of azo groups is 2. The van der Waals surface area contributed by atoms with E-state index in [0.717, 1.165) is 57.8 Å². The summed E-state index contributed by atoms with van der Waals surface area (Å²) in [5.41, 5.74) is -0.499. The van der Waals surface area contributed by atoms with Gasteiger partial charge >= 0.3 is 11.9 Å². The van der Waals surface area contributed by atoms with Gasteiger partial charge in [-0.05, 0) is 140 Å². The van der Waals surface area contributed by atoms with Gasteiger partial charge in [-0.2, -0.15) is 20.5 Å². The molecule has 8 rings (SSSR count). The molecular weight excluding hydrogens is 893 g/mol. The molecule has 2 N–H and O–H groups in total. The molecule has 2 unspecified atom stereocenters. The lowest BCUT2D eigenvalue weighted by molar-refractivity contribution is -0.151. The van der Waals surface area contributed by atoms with E-state index < -0.39 is 47.9 Å². The Morgan fingerprint density at radius 3 is 1.00 bits per heavy atom. The van der Waals surface area contributed by atoms with Crippen LogP contribution >= 0.6 is 0 Å². The fourth-order valence-electron chi connectivity index (χ4n) is 9.82. The molecule has 0 amide bonds. The number of aliphatic hydroxyl groups is 2. The van der Waals surface area contributed by atoms with Crippen LogP contribution in [0, 0.1) is 23.7 Å². The van der Waals surface area contributed by atoms with Crippen LogP contribution in [-0.4, -0.2) is 46.9 Å². The van der Waals surface area contributed by atoms with Crippen LogP contribution in [0.25, 0.3) is 0 Å². The van der Waals surface area contributed by atoms with Crippen LogP contribution in [0.2, 0.25) is 0 Å². The van der Waals surface area contributed by atoms with Crippen molar-refractivity contribution in [1.82, 2.24) is 0 Å². The Bertz CT molecular complexity index is 2550. The highest BCUT2D eigenvalue weighted by atomic mass is 16.5. The van der Waals surface area contributed by atoms with E-state index in [1.807, 2.05) is 60.7 Å².